The Balaban J connectivity index is 1.56. The summed E-state index contributed by atoms with van der Waals surface area (Å²) in [7, 11) is 0. The number of benzene rings is 1. The molecule has 3 nitrogen and oxygen atoms in total. The van der Waals surface area contributed by atoms with Gasteiger partial charge in [-0.1, -0.05) is 38.0 Å². The molecule has 2 aliphatic rings. The predicted octanol–water partition coefficient (Wildman–Crippen LogP) is 3.06. The fourth-order valence-electron chi connectivity index (χ4n) is 3.52. The van der Waals surface area contributed by atoms with E-state index in [1.54, 1.807) is 0 Å². The number of amides is 1. The summed E-state index contributed by atoms with van der Waals surface area (Å²) >= 11 is 0. The molecule has 0 spiro atoms. The van der Waals surface area contributed by atoms with Crippen molar-refractivity contribution in [3.8, 4) is 0 Å². The van der Waals surface area contributed by atoms with Gasteiger partial charge in [0.05, 0.1) is 0 Å². The topological polar surface area (TPSA) is 32.3 Å². The molecule has 108 valence electrons. The van der Waals surface area contributed by atoms with Crippen LogP contribution in [0.25, 0.3) is 0 Å². The number of piperidine rings is 1. The molecule has 1 aromatic rings. The summed E-state index contributed by atoms with van der Waals surface area (Å²) in [5.74, 6) is 1.12. The van der Waals surface area contributed by atoms with Crippen molar-refractivity contribution >= 4 is 11.6 Å². The van der Waals surface area contributed by atoms with Gasteiger partial charge in [-0.05, 0) is 30.4 Å². The number of nitrogens with one attached hydrogen (secondary N) is 1. The Kier molecular flexibility index (Phi) is 3.95. The second kappa shape index (κ2) is 5.86. The molecule has 1 aromatic carbocycles. The smallest absolute Gasteiger partial charge is 0.245 e. The van der Waals surface area contributed by atoms with E-state index in [2.05, 4.69) is 29.3 Å². The van der Waals surface area contributed by atoms with Crippen LogP contribution in [-0.2, 0) is 11.2 Å². The zero-order valence-electron chi connectivity index (χ0n) is 12.3. The van der Waals surface area contributed by atoms with Gasteiger partial charge in [-0.15, -0.1) is 0 Å². The first-order valence-corrected chi connectivity index (χ1v) is 7.91. The van der Waals surface area contributed by atoms with Gasteiger partial charge in [0.2, 0.25) is 5.91 Å². The molecule has 1 N–H and O–H groups in total. The summed E-state index contributed by atoms with van der Waals surface area (Å²) in [6, 6.07) is 8.20. The van der Waals surface area contributed by atoms with Gasteiger partial charge in [0, 0.05) is 25.2 Å². The van der Waals surface area contributed by atoms with Gasteiger partial charge in [-0.2, -0.15) is 0 Å². The number of carbonyl (C=O) groups is 1. The maximum atomic E-state index is 12.6. The van der Waals surface area contributed by atoms with Gasteiger partial charge in [0.25, 0.3) is 0 Å². The van der Waals surface area contributed by atoms with Crippen LogP contribution in [0.1, 0.15) is 38.2 Å². The lowest BCUT2D eigenvalue weighted by Gasteiger charge is -2.33. The van der Waals surface area contributed by atoms with E-state index in [1.807, 2.05) is 12.1 Å². The molecule has 0 radical (unpaired) electrons. The molecule has 1 atom stereocenters. The average molecular weight is 272 g/mol. The third-order valence-electron chi connectivity index (χ3n) is 4.69. The highest BCUT2D eigenvalue weighted by Gasteiger charge is 2.31. The summed E-state index contributed by atoms with van der Waals surface area (Å²) in [6.45, 7) is 4.13. The standard InChI is InChI=1S/C17H24N2O/c1-2-5-13-8-10-19(11-9-13)17(20)16-12-14-6-3-4-7-15(14)18-16/h3-4,6-7,13,16,18H,2,5,8-12H2,1H3. The Morgan fingerprint density at radius 3 is 2.75 bits per heavy atom. The number of carbonyl (C=O) groups excluding carboxylic acids is 1. The molecule has 20 heavy (non-hydrogen) atoms. The summed E-state index contributed by atoms with van der Waals surface area (Å²) in [5.41, 5.74) is 2.40. The van der Waals surface area contributed by atoms with E-state index in [0.29, 0.717) is 0 Å². The second-order valence-electron chi connectivity index (χ2n) is 6.12. The summed E-state index contributed by atoms with van der Waals surface area (Å²) in [4.78, 5) is 14.7. The first-order chi connectivity index (χ1) is 9.78. The zero-order chi connectivity index (χ0) is 13.9. The van der Waals surface area contributed by atoms with Crippen LogP contribution in [0.4, 0.5) is 5.69 Å². The minimum Gasteiger partial charge on any atom is -0.373 e. The molecule has 3 heteroatoms. The second-order valence-corrected chi connectivity index (χ2v) is 6.12. The Hall–Kier alpha value is -1.51. The molecule has 1 fully saturated rings. The normalized spacial score (nSPS) is 22.4. The molecule has 1 amide bonds. The van der Waals surface area contributed by atoms with E-state index in [-0.39, 0.29) is 11.9 Å². The Morgan fingerprint density at radius 2 is 2.05 bits per heavy atom. The van der Waals surface area contributed by atoms with E-state index in [9.17, 15) is 4.79 Å². The van der Waals surface area contributed by atoms with E-state index in [1.165, 1.54) is 31.2 Å². The van der Waals surface area contributed by atoms with Gasteiger partial charge in [0.15, 0.2) is 0 Å². The van der Waals surface area contributed by atoms with Crippen molar-refractivity contribution in [2.45, 2.75) is 45.1 Å². The molecule has 1 saturated heterocycles. The largest absolute Gasteiger partial charge is 0.373 e. The monoisotopic (exact) mass is 272 g/mol. The van der Waals surface area contributed by atoms with Crippen molar-refractivity contribution < 1.29 is 4.79 Å². The van der Waals surface area contributed by atoms with Gasteiger partial charge in [-0.3, -0.25) is 4.79 Å². The molecule has 0 saturated carbocycles. The molecule has 2 heterocycles. The van der Waals surface area contributed by atoms with E-state index in [0.717, 1.165) is 31.1 Å². The number of nitrogens with zero attached hydrogens (tertiary/aromatic N) is 1. The first kappa shape index (κ1) is 13.5. The van der Waals surface area contributed by atoms with E-state index < -0.39 is 0 Å². The Morgan fingerprint density at radius 1 is 1.30 bits per heavy atom. The zero-order valence-corrected chi connectivity index (χ0v) is 12.3. The van der Waals surface area contributed by atoms with Crippen LogP contribution >= 0.6 is 0 Å². The van der Waals surface area contributed by atoms with Crippen LogP contribution in [-0.4, -0.2) is 29.9 Å². The molecular weight excluding hydrogens is 248 g/mol. The van der Waals surface area contributed by atoms with Crippen LogP contribution in [0.2, 0.25) is 0 Å². The number of fused-ring (bicyclic) bond motifs is 1. The summed E-state index contributed by atoms with van der Waals surface area (Å²) in [5, 5.41) is 3.38. The quantitative estimate of drug-likeness (QED) is 0.917. The maximum Gasteiger partial charge on any atom is 0.245 e. The minimum absolute atomic E-state index is 0.0462. The van der Waals surface area contributed by atoms with Crippen molar-refractivity contribution in [2.75, 3.05) is 18.4 Å². The number of likely N-dealkylation sites (tertiary alicyclic amines) is 1. The highest BCUT2D eigenvalue weighted by Crippen LogP contribution is 2.28. The molecule has 3 rings (SSSR count). The number of para-hydroxylation sites is 1. The van der Waals surface area contributed by atoms with Crippen molar-refractivity contribution in [3.05, 3.63) is 29.8 Å². The lowest BCUT2D eigenvalue weighted by Crippen LogP contribution is -2.45. The molecule has 0 aliphatic carbocycles. The highest BCUT2D eigenvalue weighted by molar-refractivity contribution is 5.87. The van der Waals surface area contributed by atoms with Crippen LogP contribution < -0.4 is 5.32 Å². The van der Waals surface area contributed by atoms with Gasteiger partial charge >= 0.3 is 0 Å². The van der Waals surface area contributed by atoms with Crippen molar-refractivity contribution in [3.63, 3.8) is 0 Å². The van der Waals surface area contributed by atoms with Crippen LogP contribution in [0.15, 0.2) is 24.3 Å². The van der Waals surface area contributed by atoms with Crippen molar-refractivity contribution in [2.24, 2.45) is 5.92 Å². The number of hydrogen-bond donors (Lipinski definition) is 1. The van der Waals surface area contributed by atoms with Crippen LogP contribution in [0.5, 0.6) is 0 Å². The molecule has 0 bridgehead atoms. The molecule has 0 aromatic heterocycles. The summed E-state index contributed by atoms with van der Waals surface area (Å²) < 4.78 is 0. The van der Waals surface area contributed by atoms with E-state index in [4.69, 9.17) is 0 Å². The van der Waals surface area contributed by atoms with Gasteiger partial charge in [-0.25, -0.2) is 0 Å². The first-order valence-electron chi connectivity index (χ1n) is 7.91. The lowest BCUT2D eigenvalue weighted by molar-refractivity contribution is -0.133. The fourth-order valence-corrected chi connectivity index (χ4v) is 3.52. The average Bonchev–Trinajstić information content (AvgIpc) is 2.91. The number of anilines is 1. The molecular formula is C17H24N2O. The Labute approximate surface area is 121 Å². The lowest BCUT2D eigenvalue weighted by atomic mass is 9.92. The van der Waals surface area contributed by atoms with Crippen molar-refractivity contribution in [1.29, 1.82) is 0 Å². The molecule has 1 unspecified atom stereocenters. The van der Waals surface area contributed by atoms with Crippen molar-refractivity contribution in [1.82, 2.24) is 4.90 Å². The fraction of sp³-hybridized carbons (Fsp3) is 0.588. The SMILES string of the molecule is CCCC1CCN(C(=O)C2Cc3ccccc3N2)CC1. The van der Waals surface area contributed by atoms with Crippen LogP contribution in [0.3, 0.4) is 0 Å². The number of hydrogen-bond acceptors (Lipinski definition) is 2. The number of rotatable bonds is 3. The summed E-state index contributed by atoms with van der Waals surface area (Å²) in [6.07, 6.45) is 5.77. The minimum atomic E-state index is -0.0462. The predicted molar refractivity (Wildman–Crippen MR) is 81.8 cm³/mol. The maximum absolute atomic E-state index is 12.6. The van der Waals surface area contributed by atoms with E-state index >= 15 is 0 Å². The van der Waals surface area contributed by atoms with Gasteiger partial charge < -0.3 is 10.2 Å². The van der Waals surface area contributed by atoms with Crippen LogP contribution in [0, 0.1) is 5.92 Å². The third-order valence-corrected chi connectivity index (χ3v) is 4.69. The third kappa shape index (κ3) is 2.67. The van der Waals surface area contributed by atoms with Gasteiger partial charge in [0.1, 0.15) is 6.04 Å². The highest BCUT2D eigenvalue weighted by atomic mass is 16.2. The molecule has 2 aliphatic heterocycles. The Bertz CT molecular complexity index is 453.